The largest absolute Gasteiger partial charge is 0.326 e. The van der Waals surface area contributed by atoms with Crippen LogP contribution < -0.4 is 10.6 Å². The Morgan fingerprint density at radius 3 is 3.04 bits per heavy atom. The maximum Gasteiger partial charge on any atom is 0.229 e. The highest BCUT2D eigenvalue weighted by Gasteiger charge is 2.32. The van der Waals surface area contributed by atoms with E-state index in [2.05, 4.69) is 15.6 Å². The molecule has 2 aliphatic rings. The molecule has 2 N–H and O–H groups in total. The number of anilines is 2. The number of benzene rings is 1. The van der Waals surface area contributed by atoms with Crippen LogP contribution in [0.2, 0.25) is 0 Å². The summed E-state index contributed by atoms with van der Waals surface area (Å²) in [5.41, 5.74) is 3.66. The Bertz CT molecular complexity index is 795. The van der Waals surface area contributed by atoms with E-state index in [9.17, 15) is 9.59 Å². The molecule has 2 amide bonds. The van der Waals surface area contributed by atoms with Crippen LogP contribution in [-0.2, 0) is 16.0 Å². The van der Waals surface area contributed by atoms with E-state index in [-0.39, 0.29) is 17.7 Å². The van der Waals surface area contributed by atoms with Gasteiger partial charge in [-0.2, -0.15) is 0 Å². The summed E-state index contributed by atoms with van der Waals surface area (Å²) < 4.78 is 0. The van der Waals surface area contributed by atoms with Gasteiger partial charge in [0.1, 0.15) is 0 Å². The molecule has 5 nitrogen and oxygen atoms in total. The van der Waals surface area contributed by atoms with Gasteiger partial charge in [-0.25, -0.2) is 4.98 Å². The molecule has 23 heavy (non-hydrogen) atoms. The summed E-state index contributed by atoms with van der Waals surface area (Å²) in [5, 5.41) is 8.30. The summed E-state index contributed by atoms with van der Waals surface area (Å²) in [6, 6.07) is 5.83. The molecular formula is C17H17N3O2S. The van der Waals surface area contributed by atoms with Gasteiger partial charge in [0, 0.05) is 22.5 Å². The lowest BCUT2D eigenvalue weighted by molar-refractivity contribution is -0.120. The van der Waals surface area contributed by atoms with Crippen molar-refractivity contribution in [1.82, 2.24) is 4.98 Å². The van der Waals surface area contributed by atoms with Gasteiger partial charge in [0.15, 0.2) is 5.13 Å². The molecule has 1 unspecified atom stereocenters. The molecule has 0 bridgehead atoms. The molecule has 1 saturated carbocycles. The van der Waals surface area contributed by atoms with Crippen LogP contribution in [0.25, 0.3) is 11.3 Å². The fourth-order valence-electron chi connectivity index (χ4n) is 2.88. The van der Waals surface area contributed by atoms with Crippen LogP contribution in [0.3, 0.4) is 0 Å². The second kappa shape index (κ2) is 5.45. The Hall–Kier alpha value is -2.21. The average molecular weight is 327 g/mol. The molecule has 2 aromatic rings. The highest BCUT2D eigenvalue weighted by atomic mass is 32.1. The maximum absolute atomic E-state index is 12.1. The molecule has 1 atom stereocenters. The zero-order chi connectivity index (χ0) is 16.0. The average Bonchev–Trinajstić information content (AvgIpc) is 3.16. The molecule has 118 valence electrons. The van der Waals surface area contributed by atoms with Gasteiger partial charge < -0.3 is 10.6 Å². The fraction of sp³-hybridized carbons (Fsp3) is 0.353. The van der Waals surface area contributed by atoms with Gasteiger partial charge in [-0.15, -0.1) is 11.3 Å². The molecule has 1 aliphatic heterocycles. The van der Waals surface area contributed by atoms with Gasteiger partial charge in [-0.1, -0.05) is 13.0 Å². The normalized spacial score (nSPS) is 17.5. The van der Waals surface area contributed by atoms with E-state index < -0.39 is 0 Å². The van der Waals surface area contributed by atoms with Crippen molar-refractivity contribution in [3.63, 3.8) is 0 Å². The number of nitrogens with zero attached hydrogens (tertiary/aromatic N) is 1. The van der Waals surface area contributed by atoms with Crippen LogP contribution in [0, 0.1) is 11.8 Å². The summed E-state index contributed by atoms with van der Waals surface area (Å²) >= 11 is 1.43. The van der Waals surface area contributed by atoms with Crippen LogP contribution in [0.1, 0.15) is 25.3 Å². The van der Waals surface area contributed by atoms with Crippen LogP contribution >= 0.6 is 11.3 Å². The van der Waals surface area contributed by atoms with E-state index in [1.165, 1.54) is 11.3 Å². The molecule has 1 fully saturated rings. The summed E-state index contributed by atoms with van der Waals surface area (Å²) in [5.74, 6) is 0.671. The zero-order valence-corrected chi connectivity index (χ0v) is 13.6. The van der Waals surface area contributed by atoms with Gasteiger partial charge in [0.05, 0.1) is 12.1 Å². The smallest absolute Gasteiger partial charge is 0.229 e. The van der Waals surface area contributed by atoms with Gasteiger partial charge >= 0.3 is 0 Å². The van der Waals surface area contributed by atoms with Crippen molar-refractivity contribution in [2.75, 3.05) is 10.6 Å². The number of thiazole rings is 1. The number of amides is 2. The predicted octanol–water partition coefficient (Wildman–Crippen LogP) is 3.29. The minimum absolute atomic E-state index is 0.0254. The molecule has 0 saturated heterocycles. The number of hydrogen-bond donors (Lipinski definition) is 2. The monoisotopic (exact) mass is 327 g/mol. The van der Waals surface area contributed by atoms with Crippen LogP contribution in [0.4, 0.5) is 10.8 Å². The number of hydrogen-bond acceptors (Lipinski definition) is 4. The minimum atomic E-state index is 0.0254. The Labute approximate surface area is 138 Å². The molecule has 1 aromatic carbocycles. The number of nitrogens with one attached hydrogen (secondary N) is 2. The standard InChI is InChI=1S/C17H17N3O2S/c1-9(10-2-3-10)16(22)20-17-19-14(8-23-17)11-4-5-13-12(6-11)7-15(21)18-13/h4-6,8-10H,2-3,7H2,1H3,(H,18,21)(H,19,20,22). The second-order valence-electron chi connectivity index (χ2n) is 6.25. The summed E-state index contributed by atoms with van der Waals surface area (Å²) in [4.78, 5) is 28.1. The van der Waals surface area contributed by atoms with E-state index in [4.69, 9.17) is 0 Å². The van der Waals surface area contributed by atoms with Crippen molar-refractivity contribution in [2.24, 2.45) is 11.8 Å². The van der Waals surface area contributed by atoms with Crippen molar-refractivity contribution in [1.29, 1.82) is 0 Å². The Morgan fingerprint density at radius 1 is 1.43 bits per heavy atom. The van der Waals surface area contributed by atoms with Crippen LogP contribution in [0.15, 0.2) is 23.6 Å². The highest BCUT2D eigenvalue weighted by Crippen LogP contribution is 2.37. The summed E-state index contributed by atoms with van der Waals surface area (Å²) in [7, 11) is 0. The Balaban J connectivity index is 1.50. The van der Waals surface area contributed by atoms with Gasteiger partial charge in [-0.3, -0.25) is 9.59 Å². The van der Waals surface area contributed by atoms with Crippen molar-refractivity contribution >= 4 is 34.0 Å². The molecule has 1 aromatic heterocycles. The molecule has 0 spiro atoms. The lowest BCUT2D eigenvalue weighted by Gasteiger charge is -2.08. The number of carbonyl (C=O) groups is 2. The lowest BCUT2D eigenvalue weighted by Crippen LogP contribution is -2.21. The lowest BCUT2D eigenvalue weighted by atomic mass is 10.1. The van der Waals surface area contributed by atoms with E-state index in [0.717, 1.165) is 35.3 Å². The van der Waals surface area contributed by atoms with Gasteiger partial charge in [-0.05, 0) is 36.5 Å². The third-order valence-electron chi connectivity index (χ3n) is 4.50. The zero-order valence-electron chi connectivity index (χ0n) is 12.8. The molecule has 6 heteroatoms. The van der Waals surface area contributed by atoms with Crippen molar-refractivity contribution in [3.05, 3.63) is 29.1 Å². The molecule has 4 rings (SSSR count). The SMILES string of the molecule is CC(C(=O)Nc1nc(-c2ccc3c(c2)CC(=O)N3)cs1)C1CC1. The molecular weight excluding hydrogens is 310 g/mol. The minimum Gasteiger partial charge on any atom is -0.326 e. The Kier molecular flexibility index (Phi) is 3.41. The highest BCUT2D eigenvalue weighted by molar-refractivity contribution is 7.14. The van der Waals surface area contributed by atoms with Gasteiger partial charge in [0.25, 0.3) is 0 Å². The summed E-state index contributed by atoms with van der Waals surface area (Å²) in [6.45, 7) is 1.98. The molecule has 1 aliphatic carbocycles. The number of aromatic nitrogens is 1. The number of carbonyl (C=O) groups excluding carboxylic acids is 2. The van der Waals surface area contributed by atoms with E-state index >= 15 is 0 Å². The molecule has 2 heterocycles. The first-order valence-electron chi connectivity index (χ1n) is 7.79. The van der Waals surface area contributed by atoms with E-state index in [1.807, 2.05) is 30.5 Å². The number of rotatable bonds is 4. The second-order valence-corrected chi connectivity index (χ2v) is 7.11. The number of fused-ring (bicyclic) bond motifs is 1. The van der Waals surface area contributed by atoms with Crippen molar-refractivity contribution in [2.45, 2.75) is 26.2 Å². The van der Waals surface area contributed by atoms with Crippen LogP contribution in [0.5, 0.6) is 0 Å². The first-order chi connectivity index (χ1) is 11.1. The Morgan fingerprint density at radius 2 is 2.26 bits per heavy atom. The predicted molar refractivity (Wildman–Crippen MR) is 90.4 cm³/mol. The maximum atomic E-state index is 12.1. The van der Waals surface area contributed by atoms with Crippen LogP contribution in [-0.4, -0.2) is 16.8 Å². The third-order valence-corrected chi connectivity index (χ3v) is 5.26. The van der Waals surface area contributed by atoms with Crippen molar-refractivity contribution < 1.29 is 9.59 Å². The van der Waals surface area contributed by atoms with E-state index in [0.29, 0.717) is 17.5 Å². The third kappa shape index (κ3) is 2.86. The van der Waals surface area contributed by atoms with Gasteiger partial charge in [0.2, 0.25) is 11.8 Å². The van der Waals surface area contributed by atoms with E-state index in [1.54, 1.807) is 0 Å². The topological polar surface area (TPSA) is 71.1 Å². The fourth-order valence-corrected chi connectivity index (χ4v) is 3.60. The first kappa shape index (κ1) is 14.4. The summed E-state index contributed by atoms with van der Waals surface area (Å²) in [6.07, 6.45) is 2.72. The first-order valence-corrected chi connectivity index (χ1v) is 8.67. The van der Waals surface area contributed by atoms with Crippen molar-refractivity contribution in [3.8, 4) is 11.3 Å². The molecule has 0 radical (unpaired) electrons. The quantitative estimate of drug-likeness (QED) is 0.905.